The van der Waals surface area contributed by atoms with Gasteiger partial charge in [-0.1, -0.05) is 19.9 Å². The molecule has 0 atom stereocenters. The number of alkyl halides is 3. The van der Waals surface area contributed by atoms with Crippen LogP contribution in [0.5, 0.6) is 0 Å². The molecule has 0 bridgehead atoms. The molecule has 0 N–H and O–H groups in total. The molecule has 0 saturated carbocycles. The van der Waals surface area contributed by atoms with Gasteiger partial charge in [0, 0.05) is 11.6 Å². The van der Waals surface area contributed by atoms with Crippen molar-refractivity contribution in [1.29, 1.82) is 0 Å². The molecular weight excluding hydrogens is 203 g/mol. The number of allylic oxidation sites excluding steroid dienone is 1. The average molecular weight is 215 g/mol. The second-order valence-corrected chi connectivity index (χ2v) is 3.85. The molecule has 0 aliphatic carbocycles. The predicted molar refractivity (Wildman–Crippen MR) is 52.5 cm³/mol. The second kappa shape index (κ2) is 3.68. The van der Waals surface area contributed by atoms with Gasteiger partial charge in [-0.15, -0.1) is 6.58 Å². The van der Waals surface area contributed by atoms with Crippen LogP contribution in [0.4, 0.5) is 13.2 Å². The molecule has 0 spiro atoms. The minimum absolute atomic E-state index is 0.483. The Morgan fingerprint density at radius 2 is 1.93 bits per heavy atom. The first-order valence-electron chi connectivity index (χ1n) is 4.45. The summed E-state index contributed by atoms with van der Waals surface area (Å²) in [5.41, 5.74) is -0.794. The van der Waals surface area contributed by atoms with Crippen molar-refractivity contribution < 1.29 is 13.2 Å². The van der Waals surface area contributed by atoms with Crippen molar-refractivity contribution in [2.24, 2.45) is 0 Å². The molecule has 1 nitrogen and oxygen atoms in total. The Kier molecular flexibility index (Phi) is 2.88. The van der Waals surface area contributed by atoms with Gasteiger partial charge < -0.3 is 0 Å². The summed E-state index contributed by atoms with van der Waals surface area (Å²) in [7, 11) is 0. The Hall–Kier alpha value is -1.32. The van der Waals surface area contributed by atoms with Gasteiger partial charge in [-0.2, -0.15) is 13.2 Å². The van der Waals surface area contributed by atoms with Gasteiger partial charge in [0.2, 0.25) is 0 Å². The first kappa shape index (κ1) is 11.8. The molecule has 0 unspecified atom stereocenters. The molecule has 4 heteroatoms. The van der Waals surface area contributed by atoms with Crippen molar-refractivity contribution in [1.82, 2.24) is 4.98 Å². The van der Waals surface area contributed by atoms with Crippen LogP contribution in [0.1, 0.15) is 25.1 Å². The highest BCUT2D eigenvalue weighted by Crippen LogP contribution is 2.31. The lowest BCUT2D eigenvalue weighted by molar-refractivity contribution is -0.141. The smallest absolute Gasteiger partial charge is 0.252 e. The topological polar surface area (TPSA) is 12.9 Å². The van der Waals surface area contributed by atoms with E-state index in [9.17, 15) is 13.2 Å². The highest BCUT2D eigenvalue weighted by atomic mass is 19.4. The maximum atomic E-state index is 12.4. The fourth-order valence-electron chi connectivity index (χ4n) is 1.10. The summed E-state index contributed by atoms with van der Waals surface area (Å²) in [6.07, 6.45) is -1.61. The normalized spacial score (nSPS) is 12.6. The summed E-state index contributed by atoms with van der Waals surface area (Å²) in [4.78, 5) is 3.30. The summed E-state index contributed by atoms with van der Waals surface area (Å²) in [6, 6.07) is 2.62. The van der Waals surface area contributed by atoms with Crippen LogP contribution >= 0.6 is 0 Å². The largest absolute Gasteiger partial charge is 0.433 e. The van der Waals surface area contributed by atoms with Gasteiger partial charge in [0.15, 0.2) is 0 Å². The molecule has 0 saturated heterocycles. The Bertz CT molecular complexity index is 366. The Balaban J connectivity index is 3.20. The van der Waals surface area contributed by atoms with Crippen LogP contribution in [-0.2, 0) is 11.6 Å². The number of hydrogen-bond donors (Lipinski definition) is 0. The van der Waals surface area contributed by atoms with Gasteiger partial charge in [0.25, 0.3) is 0 Å². The van der Waals surface area contributed by atoms with Crippen molar-refractivity contribution in [3.05, 3.63) is 42.2 Å². The Morgan fingerprint density at radius 1 is 1.33 bits per heavy atom. The summed E-state index contributed by atoms with van der Waals surface area (Å²) < 4.78 is 37.1. The lowest BCUT2D eigenvalue weighted by Crippen LogP contribution is -2.16. The second-order valence-electron chi connectivity index (χ2n) is 3.85. The zero-order valence-electron chi connectivity index (χ0n) is 8.60. The molecule has 1 aromatic heterocycles. The molecule has 0 fully saturated rings. The predicted octanol–water partition coefficient (Wildman–Crippen LogP) is 3.56. The highest BCUT2D eigenvalue weighted by Gasteiger charge is 2.33. The molecule has 0 aliphatic heterocycles. The summed E-state index contributed by atoms with van der Waals surface area (Å²) in [6.45, 7) is 7.20. The molecule has 0 radical (unpaired) electrons. The number of hydrogen-bond acceptors (Lipinski definition) is 1. The maximum Gasteiger partial charge on any atom is 0.433 e. The van der Waals surface area contributed by atoms with E-state index >= 15 is 0 Å². The van der Waals surface area contributed by atoms with E-state index in [0.29, 0.717) is 5.56 Å². The van der Waals surface area contributed by atoms with Crippen molar-refractivity contribution >= 4 is 0 Å². The van der Waals surface area contributed by atoms with Gasteiger partial charge in [-0.3, -0.25) is 4.98 Å². The van der Waals surface area contributed by atoms with E-state index in [1.807, 2.05) is 0 Å². The molecule has 15 heavy (non-hydrogen) atoms. The zero-order chi connectivity index (χ0) is 11.7. The van der Waals surface area contributed by atoms with Crippen molar-refractivity contribution in [3.63, 3.8) is 0 Å². The third-order valence-electron chi connectivity index (χ3n) is 2.30. The van der Waals surface area contributed by atoms with E-state index in [2.05, 4.69) is 11.6 Å². The van der Waals surface area contributed by atoms with Crippen LogP contribution in [0.3, 0.4) is 0 Å². The van der Waals surface area contributed by atoms with E-state index in [1.165, 1.54) is 6.20 Å². The van der Waals surface area contributed by atoms with Crippen molar-refractivity contribution in [2.45, 2.75) is 25.4 Å². The average Bonchev–Trinajstić information content (AvgIpc) is 2.17. The van der Waals surface area contributed by atoms with Crippen LogP contribution in [0.2, 0.25) is 0 Å². The maximum absolute atomic E-state index is 12.4. The van der Waals surface area contributed by atoms with Crippen molar-refractivity contribution in [3.8, 4) is 0 Å². The third-order valence-corrected chi connectivity index (χ3v) is 2.30. The molecule has 0 aliphatic rings. The highest BCUT2D eigenvalue weighted by molar-refractivity contribution is 5.29. The monoisotopic (exact) mass is 215 g/mol. The quantitative estimate of drug-likeness (QED) is 0.687. The van der Waals surface area contributed by atoms with Gasteiger partial charge in [-0.05, 0) is 17.7 Å². The molecule has 0 aromatic carbocycles. The minimum Gasteiger partial charge on any atom is -0.252 e. The SMILES string of the molecule is C=CC(C)(C)c1ccnc(C(F)(F)F)c1. The number of halogens is 3. The lowest BCUT2D eigenvalue weighted by atomic mass is 9.85. The van der Waals surface area contributed by atoms with Crippen LogP contribution in [-0.4, -0.2) is 4.98 Å². The van der Waals surface area contributed by atoms with Crippen LogP contribution in [0, 0.1) is 0 Å². The zero-order valence-corrected chi connectivity index (χ0v) is 8.60. The van der Waals surface area contributed by atoms with E-state index in [0.717, 1.165) is 6.07 Å². The molecule has 1 aromatic rings. The molecule has 1 heterocycles. The van der Waals surface area contributed by atoms with Gasteiger partial charge in [0.1, 0.15) is 5.69 Å². The first-order chi connectivity index (χ1) is 6.77. The van der Waals surface area contributed by atoms with Crippen molar-refractivity contribution in [2.75, 3.05) is 0 Å². The van der Waals surface area contributed by atoms with Gasteiger partial charge in [-0.25, -0.2) is 0 Å². The Labute approximate surface area is 86.6 Å². The van der Waals surface area contributed by atoms with Crippen LogP contribution in [0.25, 0.3) is 0 Å². The fraction of sp³-hybridized carbons (Fsp3) is 0.364. The van der Waals surface area contributed by atoms with E-state index in [1.54, 1.807) is 26.0 Å². The number of nitrogens with zero attached hydrogens (tertiary/aromatic N) is 1. The number of pyridine rings is 1. The van der Waals surface area contributed by atoms with E-state index in [-0.39, 0.29) is 0 Å². The molecule has 0 amide bonds. The summed E-state index contributed by atoms with van der Waals surface area (Å²) in [5, 5.41) is 0. The summed E-state index contributed by atoms with van der Waals surface area (Å²) in [5.74, 6) is 0. The standard InChI is InChI=1S/C11H12F3N/c1-4-10(2,3)8-5-6-15-9(7-8)11(12,13)14/h4-7H,1H2,2-3H3. The van der Waals surface area contributed by atoms with Crippen LogP contribution < -0.4 is 0 Å². The van der Waals surface area contributed by atoms with Crippen LogP contribution in [0.15, 0.2) is 31.0 Å². The third kappa shape index (κ3) is 2.58. The van der Waals surface area contributed by atoms with E-state index in [4.69, 9.17) is 0 Å². The van der Waals surface area contributed by atoms with Gasteiger partial charge >= 0.3 is 6.18 Å². The molecule has 1 rings (SSSR count). The fourth-order valence-corrected chi connectivity index (χ4v) is 1.10. The van der Waals surface area contributed by atoms with E-state index < -0.39 is 17.3 Å². The number of rotatable bonds is 2. The minimum atomic E-state index is -4.40. The van der Waals surface area contributed by atoms with Gasteiger partial charge in [0.05, 0.1) is 0 Å². The summed E-state index contributed by atoms with van der Waals surface area (Å²) >= 11 is 0. The Morgan fingerprint density at radius 3 is 2.40 bits per heavy atom. The molecular formula is C11H12F3N. The number of aromatic nitrogens is 1. The first-order valence-corrected chi connectivity index (χ1v) is 4.45. The lowest BCUT2D eigenvalue weighted by Gasteiger charge is -2.21. The molecule has 82 valence electrons.